The Labute approximate surface area is 124 Å². The van der Waals surface area contributed by atoms with Gasteiger partial charge >= 0.3 is 0 Å². The molecule has 0 saturated carbocycles. The molecule has 0 amide bonds. The number of anilines is 1. The Hall–Kier alpha value is -2.08. The zero-order valence-electron chi connectivity index (χ0n) is 12.3. The molecule has 6 nitrogen and oxygen atoms in total. The molecule has 1 aliphatic heterocycles. The van der Waals surface area contributed by atoms with Gasteiger partial charge in [-0.1, -0.05) is 0 Å². The molecule has 112 valence electrons. The van der Waals surface area contributed by atoms with Crippen molar-refractivity contribution in [1.82, 2.24) is 19.9 Å². The molecule has 0 unspecified atom stereocenters. The maximum absolute atomic E-state index is 5.81. The Kier molecular flexibility index (Phi) is 4.35. The van der Waals surface area contributed by atoms with Crippen LogP contribution in [-0.2, 0) is 6.54 Å². The van der Waals surface area contributed by atoms with E-state index in [0.29, 0.717) is 6.61 Å². The molecule has 1 aliphatic rings. The minimum absolute atomic E-state index is 0.615. The Morgan fingerprint density at radius 1 is 1.29 bits per heavy atom. The first-order valence-electron chi connectivity index (χ1n) is 7.34. The molecule has 0 aromatic carbocycles. The standard InChI is InChI=1S/C15H21N5O/c1-13-18-4-7-19(13)8-9-21-15-10-14(11-17-12-15)20-5-2-16-3-6-20/h4,7,10-12,16H,2-3,5-6,8-9H2,1H3. The van der Waals surface area contributed by atoms with Crippen molar-refractivity contribution < 1.29 is 4.74 Å². The molecule has 0 bridgehead atoms. The summed E-state index contributed by atoms with van der Waals surface area (Å²) >= 11 is 0. The van der Waals surface area contributed by atoms with Crippen LogP contribution in [0.2, 0.25) is 0 Å². The second-order valence-corrected chi connectivity index (χ2v) is 5.13. The lowest BCUT2D eigenvalue weighted by Gasteiger charge is -2.29. The highest BCUT2D eigenvalue weighted by molar-refractivity contribution is 5.48. The van der Waals surface area contributed by atoms with E-state index >= 15 is 0 Å². The average Bonchev–Trinajstić information content (AvgIpc) is 2.94. The third-order valence-electron chi connectivity index (χ3n) is 3.71. The molecule has 21 heavy (non-hydrogen) atoms. The Bertz CT molecular complexity index is 577. The molecule has 0 aliphatic carbocycles. The Morgan fingerprint density at radius 3 is 2.90 bits per heavy atom. The zero-order valence-corrected chi connectivity index (χ0v) is 12.3. The van der Waals surface area contributed by atoms with Crippen LogP contribution in [0.3, 0.4) is 0 Å². The van der Waals surface area contributed by atoms with Gasteiger partial charge in [0, 0.05) is 44.6 Å². The van der Waals surface area contributed by atoms with Gasteiger partial charge in [0.05, 0.1) is 24.6 Å². The monoisotopic (exact) mass is 287 g/mol. The quantitative estimate of drug-likeness (QED) is 0.891. The van der Waals surface area contributed by atoms with Crippen molar-refractivity contribution >= 4 is 5.69 Å². The van der Waals surface area contributed by atoms with E-state index in [9.17, 15) is 0 Å². The number of hydrogen-bond acceptors (Lipinski definition) is 5. The molecule has 0 radical (unpaired) electrons. The number of aryl methyl sites for hydroxylation is 1. The third-order valence-corrected chi connectivity index (χ3v) is 3.71. The van der Waals surface area contributed by atoms with Gasteiger partial charge in [0.25, 0.3) is 0 Å². The zero-order chi connectivity index (χ0) is 14.5. The molecule has 2 aromatic heterocycles. The number of rotatable bonds is 5. The van der Waals surface area contributed by atoms with Gasteiger partial charge in [0.15, 0.2) is 0 Å². The van der Waals surface area contributed by atoms with Gasteiger partial charge in [0.1, 0.15) is 18.2 Å². The summed E-state index contributed by atoms with van der Waals surface area (Å²) in [4.78, 5) is 10.8. The highest BCUT2D eigenvalue weighted by atomic mass is 16.5. The average molecular weight is 287 g/mol. The molecule has 0 spiro atoms. The summed E-state index contributed by atoms with van der Waals surface area (Å²) in [6, 6.07) is 2.07. The summed E-state index contributed by atoms with van der Waals surface area (Å²) in [6.45, 7) is 7.47. The van der Waals surface area contributed by atoms with E-state index in [-0.39, 0.29) is 0 Å². The summed E-state index contributed by atoms with van der Waals surface area (Å²) < 4.78 is 7.89. The van der Waals surface area contributed by atoms with E-state index in [2.05, 4.69) is 30.8 Å². The molecule has 6 heteroatoms. The lowest BCUT2D eigenvalue weighted by molar-refractivity contribution is 0.296. The number of piperazine rings is 1. The highest BCUT2D eigenvalue weighted by Gasteiger charge is 2.11. The first kappa shape index (κ1) is 13.9. The van der Waals surface area contributed by atoms with Crippen LogP contribution in [0.1, 0.15) is 5.82 Å². The SMILES string of the molecule is Cc1nccn1CCOc1cncc(N2CCNCC2)c1. The third kappa shape index (κ3) is 3.52. The van der Waals surface area contributed by atoms with Gasteiger partial charge in [-0.25, -0.2) is 4.98 Å². The number of hydrogen-bond donors (Lipinski definition) is 1. The number of pyridine rings is 1. The van der Waals surface area contributed by atoms with Crippen LogP contribution < -0.4 is 15.0 Å². The molecule has 2 aromatic rings. The number of aromatic nitrogens is 3. The number of imidazole rings is 1. The Balaban J connectivity index is 1.57. The summed E-state index contributed by atoms with van der Waals surface area (Å²) in [5.74, 6) is 1.83. The normalized spacial score (nSPS) is 15.2. The van der Waals surface area contributed by atoms with Crippen molar-refractivity contribution in [3.63, 3.8) is 0 Å². The van der Waals surface area contributed by atoms with Crippen LogP contribution in [0.5, 0.6) is 5.75 Å². The van der Waals surface area contributed by atoms with Crippen LogP contribution in [0.25, 0.3) is 0 Å². The van der Waals surface area contributed by atoms with Gasteiger partial charge < -0.3 is 19.5 Å². The van der Waals surface area contributed by atoms with Crippen molar-refractivity contribution in [3.8, 4) is 5.75 Å². The molecule has 3 heterocycles. The van der Waals surface area contributed by atoms with Crippen molar-refractivity contribution in [3.05, 3.63) is 36.7 Å². The van der Waals surface area contributed by atoms with Gasteiger partial charge in [-0.15, -0.1) is 0 Å². The lowest BCUT2D eigenvalue weighted by atomic mass is 10.3. The summed E-state index contributed by atoms with van der Waals surface area (Å²) in [7, 11) is 0. The van der Waals surface area contributed by atoms with E-state index in [1.165, 1.54) is 0 Å². The van der Waals surface area contributed by atoms with E-state index in [4.69, 9.17) is 4.74 Å². The van der Waals surface area contributed by atoms with Crippen LogP contribution in [0.4, 0.5) is 5.69 Å². The summed E-state index contributed by atoms with van der Waals surface area (Å²) in [5.41, 5.74) is 1.13. The molecule has 3 rings (SSSR count). The van der Waals surface area contributed by atoms with E-state index in [1.807, 2.05) is 25.5 Å². The van der Waals surface area contributed by atoms with E-state index < -0.39 is 0 Å². The van der Waals surface area contributed by atoms with Gasteiger partial charge in [0.2, 0.25) is 0 Å². The first-order valence-corrected chi connectivity index (χ1v) is 7.34. The predicted octanol–water partition coefficient (Wildman–Crippen LogP) is 1.08. The minimum Gasteiger partial charge on any atom is -0.490 e. The maximum Gasteiger partial charge on any atom is 0.139 e. The van der Waals surface area contributed by atoms with Crippen molar-refractivity contribution in [2.24, 2.45) is 0 Å². The van der Waals surface area contributed by atoms with E-state index in [0.717, 1.165) is 50.0 Å². The summed E-state index contributed by atoms with van der Waals surface area (Å²) in [6.07, 6.45) is 7.45. The topological polar surface area (TPSA) is 55.2 Å². The summed E-state index contributed by atoms with van der Waals surface area (Å²) in [5, 5.41) is 3.35. The van der Waals surface area contributed by atoms with Crippen LogP contribution in [0, 0.1) is 6.92 Å². The lowest BCUT2D eigenvalue weighted by Crippen LogP contribution is -2.43. The van der Waals surface area contributed by atoms with Gasteiger partial charge in [-0.3, -0.25) is 4.98 Å². The van der Waals surface area contributed by atoms with Crippen molar-refractivity contribution in [2.45, 2.75) is 13.5 Å². The minimum atomic E-state index is 0.615. The fourth-order valence-electron chi connectivity index (χ4n) is 2.48. The molecular formula is C15H21N5O. The number of nitrogens with one attached hydrogen (secondary N) is 1. The van der Waals surface area contributed by atoms with Crippen LogP contribution in [-0.4, -0.2) is 47.3 Å². The first-order chi connectivity index (χ1) is 10.3. The molecule has 1 N–H and O–H groups in total. The largest absolute Gasteiger partial charge is 0.490 e. The molecular weight excluding hydrogens is 266 g/mol. The second kappa shape index (κ2) is 6.58. The van der Waals surface area contributed by atoms with E-state index in [1.54, 1.807) is 6.20 Å². The van der Waals surface area contributed by atoms with Crippen LogP contribution >= 0.6 is 0 Å². The molecule has 1 saturated heterocycles. The number of nitrogens with zero attached hydrogens (tertiary/aromatic N) is 4. The highest BCUT2D eigenvalue weighted by Crippen LogP contribution is 2.19. The van der Waals surface area contributed by atoms with Crippen LogP contribution in [0.15, 0.2) is 30.9 Å². The van der Waals surface area contributed by atoms with Crippen molar-refractivity contribution in [2.75, 3.05) is 37.7 Å². The maximum atomic E-state index is 5.81. The molecule has 0 atom stereocenters. The van der Waals surface area contributed by atoms with Crippen molar-refractivity contribution in [1.29, 1.82) is 0 Å². The van der Waals surface area contributed by atoms with Gasteiger partial charge in [-0.2, -0.15) is 0 Å². The predicted molar refractivity (Wildman–Crippen MR) is 81.8 cm³/mol. The fraction of sp³-hybridized carbons (Fsp3) is 0.467. The second-order valence-electron chi connectivity index (χ2n) is 5.13. The Morgan fingerprint density at radius 2 is 2.14 bits per heavy atom. The fourth-order valence-corrected chi connectivity index (χ4v) is 2.48. The smallest absolute Gasteiger partial charge is 0.139 e. The molecule has 1 fully saturated rings. The van der Waals surface area contributed by atoms with Gasteiger partial charge in [-0.05, 0) is 6.92 Å². The number of ether oxygens (including phenoxy) is 1.